The standard InChI is InChI=1S/C18H19N3O5S/c1-10-5-6-11-13(8-10)27-17(15(11)16(19)23)20-14(22)9-26-18(24)12-4-2-3-7-21(12)25/h2-4,7,10H,5-6,8-9H2,1H3,(H2,19,23)(H,20,22)/t10-/m0/s1. The molecule has 1 aliphatic carbocycles. The summed E-state index contributed by atoms with van der Waals surface area (Å²) < 4.78 is 5.24. The summed E-state index contributed by atoms with van der Waals surface area (Å²) in [7, 11) is 0. The van der Waals surface area contributed by atoms with Gasteiger partial charge in [0.15, 0.2) is 12.8 Å². The lowest BCUT2D eigenvalue weighted by Crippen LogP contribution is -2.35. The minimum atomic E-state index is -0.907. The molecule has 2 aromatic rings. The first kappa shape index (κ1) is 18.8. The molecule has 1 atom stereocenters. The van der Waals surface area contributed by atoms with E-state index in [4.69, 9.17) is 10.5 Å². The van der Waals surface area contributed by atoms with E-state index in [1.165, 1.54) is 29.5 Å². The second-order valence-electron chi connectivity index (χ2n) is 6.46. The number of anilines is 1. The Morgan fingerprint density at radius 3 is 2.89 bits per heavy atom. The number of aromatic nitrogens is 1. The third-order valence-corrected chi connectivity index (χ3v) is 5.55. The van der Waals surface area contributed by atoms with Crippen molar-refractivity contribution in [1.29, 1.82) is 0 Å². The van der Waals surface area contributed by atoms with Gasteiger partial charge < -0.3 is 21.0 Å². The van der Waals surface area contributed by atoms with Crippen LogP contribution < -0.4 is 15.8 Å². The van der Waals surface area contributed by atoms with E-state index >= 15 is 0 Å². The number of hydrogen-bond acceptors (Lipinski definition) is 6. The molecule has 3 N–H and O–H groups in total. The van der Waals surface area contributed by atoms with Crippen molar-refractivity contribution in [3.8, 4) is 0 Å². The van der Waals surface area contributed by atoms with Crippen molar-refractivity contribution in [2.45, 2.75) is 26.2 Å². The molecule has 0 aromatic carbocycles. The van der Waals surface area contributed by atoms with E-state index in [1.54, 1.807) is 0 Å². The summed E-state index contributed by atoms with van der Waals surface area (Å²) in [4.78, 5) is 37.0. The number of primary amides is 1. The Bertz CT molecular complexity index is 908. The molecule has 0 saturated carbocycles. The molecule has 3 rings (SSSR count). The quantitative estimate of drug-likeness (QED) is 0.454. The van der Waals surface area contributed by atoms with Crippen LogP contribution in [0, 0.1) is 11.1 Å². The Morgan fingerprint density at radius 2 is 2.19 bits per heavy atom. The summed E-state index contributed by atoms with van der Waals surface area (Å²) in [5, 5.41) is 14.5. The number of ether oxygens (including phenoxy) is 1. The molecule has 2 amide bonds. The number of nitrogens with zero attached hydrogens (tertiary/aromatic N) is 1. The molecular formula is C18H19N3O5S. The summed E-state index contributed by atoms with van der Waals surface area (Å²) in [6.07, 6.45) is 3.70. The van der Waals surface area contributed by atoms with Gasteiger partial charge in [0.1, 0.15) is 5.00 Å². The van der Waals surface area contributed by atoms with E-state index in [0.717, 1.165) is 35.9 Å². The van der Waals surface area contributed by atoms with E-state index in [1.807, 2.05) is 0 Å². The highest BCUT2D eigenvalue weighted by atomic mass is 32.1. The predicted molar refractivity (Wildman–Crippen MR) is 98.3 cm³/mol. The minimum Gasteiger partial charge on any atom is -0.618 e. The molecule has 0 bridgehead atoms. The monoisotopic (exact) mass is 389 g/mol. The summed E-state index contributed by atoms with van der Waals surface area (Å²) in [6, 6.07) is 4.29. The Morgan fingerprint density at radius 1 is 1.41 bits per heavy atom. The van der Waals surface area contributed by atoms with Gasteiger partial charge in [-0.15, -0.1) is 11.3 Å². The number of carbonyl (C=O) groups is 3. The maximum Gasteiger partial charge on any atom is 0.405 e. The minimum absolute atomic E-state index is 0.219. The van der Waals surface area contributed by atoms with Crippen LogP contribution in [-0.4, -0.2) is 24.4 Å². The number of esters is 1. The molecule has 0 aliphatic heterocycles. The highest BCUT2D eigenvalue weighted by Gasteiger charge is 2.27. The predicted octanol–water partition coefficient (Wildman–Crippen LogP) is 1.40. The van der Waals surface area contributed by atoms with Crippen LogP contribution in [-0.2, 0) is 22.4 Å². The van der Waals surface area contributed by atoms with Crippen molar-refractivity contribution in [1.82, 2.24) is 0 Å². The number of thiophene rings is 1. The number of nitrogens with one attached hydrogen (secondary N) is 1. The fourth-order valence-corrected chi connectivity index (χ4v) is 4.49. The Kier molecular flexibility index (Phi) is 5.41. The first-order valence-corrected chi connectivity index (χ1v) is 9.28. The van der Waals surface area contributed by atoms with Crippen LogP contribution in [0.15, 0.2) is 24.4 Å². The van der Waals surface area contributed by atoms with Gasteiger partial charge in [-0.25, -0.2) is 4.79 Å². The lowest BCUT2D eigenvalue weighted by Gasteiger charge is -2.18. The van der Waals surface area contributed by atoms with E-state index < -0.39 is 24.4 Å². The van der Waals surface area contributed by atoms with Crippen LogP contribution in [0.2, 0.25) is 0 Å². The van der Waals surface area contributed by atoms with Crippen LogP contribution in [0.4, 0.5) is 5.00 Å². The molecule has 2 aromatic heterocycles. The summed E-state index contributed by atoms with van der Waals surface area (Å²) in [5.41, 5.74) is 6.52. The highest BCUT2D eigenvalue weighted by molar-refractivity contribution is 7.17. The topological polar surface area (TPSA) is 125 Å². The fourth-order valence-electron chi connectivity index (χ4n) is 3.05. The van der Waals surface area contributed by atoms with Crippen LogP contribution in [0.5, 0.6) is 0 Å². The van der Waals surface area contributed by atoms with Gasteiger partial charge >= 0.3 is 11.7 Å². The molecule has 0 fully saturated rings. The zero-order valence-electron chi connectivity index (χ0n) is 14.7. The van der Waals surface area contributed by atoms with E-state index in [2.05, 4.69) is 12.2 Å². The van der Waals surface area contributed by atoms with Gasteiger partial charge in [0.25, 0.3) is 11.8 Å². The van der Waals surface area contributed by atoms with Crippen LogP contribution in [0.25, 0.3) is 0 Å². The number of rotatable bonds is 5. The molecule has 0 spiro atoms. The molecule has 142 valence electrons. The highest BCUT2D eigenvalue weighted by Crippen LogP contribution is 2.39. The third-order valence-electron chi connectivity index (χ3n) is 4.38. The molecule has 27 heavy (non-hydrogen) atoms. The smallest absolute Gasteiger partial charge is 0.405 e. The molecule has 8 nitrogen and oxygen atoms in total. The summed E-state index contributed by atoms with van der Waals surface area (Å²) in [6.45, 7) is 1.56. The second-order valence-corrected chi connectivity index (χ2v) is 7.56. The molecule has 9 heteroatoms. The number of amides is 2. The van der Waals surface area contributed by atoms with Crippen molar-refractivity contribution in [2.24, 2.45) is 11.7 Å². The van der Waals surface area contributed by atoms with Crippen LogP contribution in [0.3, 0.4) is 0 Å². The Hall–Kier alpha value is -2.94. The number of nitrogens with two attached hydrogens (primary N) is 1. The number of pyridine rings is 1. The number of fused-ring (bicyclic) bond motifs is 1. The second kappa shape index (κ2) is 7.75. The van der Waals surface area contributed by atoms with E-state index in [9.17, 15) is 19.6 Å². The van der Waals surface area contributed by atoms with Gasteiger partial charge in [-0.3, -0.25) is 9.59 Å². The lowest BCUT2D eigenvalue weighted by atomic mass is 9.88. The van der Waals surface area contributed by atoms with Gasteiger partial charge in [-0.2, -0.15) is 4.73 Å². The van der Waals surface area contributed by atoms with Gasteiger partial charge in [0.05, 0.1) is 5.56 Å². The molecule has 0 saturated heterocycles. The third kappa shape index (κ3) is 4.08. The van der Waals surface area contributed by atoms with E-state index in [-0.39, 0.29) is 5.69 Å². The SMILES string of the molecule is C[C@H]1CCc2c(sc(NC(=O)COC(=O)c3cccc[n+]3[O-])c2C(N)=O)C1. The normalized spacial score (nSPS) is 15.7. The molecule has 1 aliphatic rings. The first-order valence-electron chi connectivity index (χ1n) is 8.46. The lowest BCUT2D eigenvalue weighted by molar-refractivity contribution is -0.608. The van der Waals surface area contributed by atoms with Crippen molar-refractivity contribution < 1.29 is 23.9 Å². The van der Waals surface area contributed by atoms with Crippen LogP contribution >= 0.6 is 11.3 Å². The number of carbonyl (C=O) groups excluding carboxylic acids is 3. The van der Waals surface area contributed by atoms with Crippen molar-refractivity contribution in [2.75, 3.05) is 11.9 Å². The number of hydrogen-bond donors (Lipinski definition) is 2. The Balaban J connectivity index is 1.68. The maximum absolute atomic E-state index is 12.2. The van der Waals surface area contributed by atoms with E-state index in [0.29, 0.717) is 21.2 Å². The van der Waals surface area contributed by atoms with Crippen molar-refractivity contribution >= 4 is 34.1 Å². The Labute approximate surface area is 159 Å². The molecule has 0 unspecified atom stereocenters. The maximum atomic E-state index is 12.2. The zero-order valence-corrected chi connectivity index (χ0v) is 15.5. The fraction of sp³-hybridized carbons (Fsp3) is 0.333. The van der Waals surface area contributed by atoms with Crippen molar-refractivity contribution in [3.63, 3.8) is 0 Å². The van der Waals surface area contributed by atoms with Gasteiger partial charge in [-0.1, -0.05) is 6.92 Å². The molecular weight excluding hydrogens is 370 g/mol. The molecule has 0 radical (unpaired) electrons. The largest absolute Gasteiger partial charge is 0.618 e. The average molecular weight is 389 g/mol. The average Bonchev–Trinajstić information content (AvgIpc) is 2.97. The summed E-state index contributed by atoms with van der Waals surface area (Å²) in [5.74, 6) is -1.60. The van der Waals surface area contributed by atoms with Gasteiger partial charge in [-0.05, 0) is 36.8 Å². The first-order chi connectivity index (χ1) is 12.9. The van der Waals surface area contributed by atoms with Crippen molar-refractivity contribution in [3.05, 3.63) is 51.3 Å². The molecule has 2 heterocycles. The van der Waals surface area contributed by atoms with Gasteiger partial charge in [0, 0.05) is 17.0 Å². The zero-order chi connectivity index (χ0) is 19.6. The van der Waals surface area contributed by atoms with Gasteiger partial charge in [0.2, 0.25) is 0 Å². The van der Waals surface area contributed by atoms with Crippen LogP contribution in [0.1, 0.15) is 44.6 Å². The summed E-state index contributed by atoms with van der Waals surface area (Å²) >= 11 is 1.33.